The molecule has 0 fully saturated rings. The molecule has 0 unspecified atom stereocenters. The molecule has 2 rings (SSSR count). The number of carbonyl (C=O) groups is 2. The predicted octanol–water partition coefficient (Wildman–Crippen LogP) is 3.30. The molecule has 0 radical (unpaired) electrons. The van der Waals surface area contributed by atoms with Crippen molar-refractivity contribution in [3.05, 3.63) is 58.6 Å². The van der Waals surface area contributed by atoms with Gasteiger partial charge in [0.25, 0.3) is 5.91 Å². The standard InChI is InChI=1S/C15H12ClNO4/c1-21-13-8-10(16)5-6-12(13)14(18)17-11-4-2-3-9(7-11)15(19)20/h2-8H,1H3,(H,17,18)(H,19,20). The van der Waals surface area contributed by atoms with Crippen LogP contribution in [0.15, 0.2) is 42.5 Å². The van der Waals surface area contributed by atoms with E-state index in [-0.39, 0.29) is 5.56 Å². The van der Waals surface area contributed by atoms with Gasteiger partial charge in [0.1, 0.15) is 5.75 Å². The lowest BCUT2D eigenvalue weighted by molar-refractivity contribution is 0.0696. The van der Waals surface area contributed by atoms with Crippen molar-refractivity contribution in [2.45, 2.75) is 0 Å². The van der Waals surface area contributed by atoms with Gasteiger partial charge in [-0.1, -0.05) is 17.7 Å². The number of aromatic carboxylic acids is 1. The number of anilines is 1. The zero-order chi connectivity index (χ0) is 15.4. The van der Waals surface area contributed by atoms with Crippen molar-refractivity contribution in [2.75, 3.05) is 12.4 Å². The van der Waals surface area contributed by atoms with Gasteiger partial charge in [-0.15, -0.1) is 0 Å². The average Bonchev–Trinajstić information content (AvgIpc) is 2.47. The Labute approximate surface area is 126 Å². The van der Waals surface area contributed by atoms with Crippen molar-refractivity contribution in [3.63, 3.8) is 0 Å². The van der Waals surface area contributed by atoms with E-state index >= 15 is 0 Å². The van der Waals surface area contributed by atoms with E-state index in [9.17, 15) is 9.59 Å². The number of amides is 1. The van der Waals surface area contributed by atoms with Crippen molar-refractivity contribution in [1.29, 1.82) is 0 Å². The number of methoxy groups -OCH3 is 1. The Morgan fingerprint density at radius 3 is 2.62 bits per heavy atom. The number of ether oxygens (including phenoxy) is 1. The molecule has 6 heteroatoms. The quantitative estimate of drug-likeness (QED) is 0.908. The van der Waals surface area contributed by atoms with E-state index < -0.39 is 11.9 Å². The smallest absolute Gasteiger partial charge is 0.335 e. The van der Waals surface area contributed by atoms with Gasteiger partial charge in [-0.3, -0.25) is 4.79 Å². The van der Waals surface area contributed by atoms with E-state index in [0.717, 1.165) is 0 Å². The van der Waals surface area contributed by atoms with Crippen LogP contribution >= 0.6 is 11.6 Å². The van der Waals surface area contributed by atoms with E-state index in [4.69, 9.17) is 21.4 Å². The minimum Gasteiger partial charge on any atom is -0.496 e. The fourth-order valence-electron chi connectivity index (χ4n) is 1.78. The SMILES string of the molecule is COc1cc(Cl)ccc1C(=O)Nc1cccc(C(=O)O)c1. The molecule has 2 N–H and O–H groups in total. The molecule has 21 heavy (non-hydrogen) atoms. The van der Waals surface area contributed by atoms with Crippen LogP contribution in [-0.4, -0.2) is 24.1 Å². The van der Waals surface area contributed by atoms with Crippen molar-refractivity contribution < 1.29 is 19.4 Å². The van der Waals surface area contributed by atoms with Gasteiger partial charge in [-0.05, 0) is 36.4 Å². The first-order valence-corrected chi connectivity index (χ1v) is 6.37. The van der Waals surface area contributed by atoms with Gasteiger partial charge in [0.05, 0.1) is 18.2 Å². The second-order valence-electron chi connectivity index (χ2n) is 4.18. The summed E-state index contributed by atoms with van der Waals surface area (Å²) >= 11 is 5.84. The fraction of sp³-hybridized carbons (Fsp3) is 0.0667. The van der Waals surface area contributed by atoms with E-state index in [1.807, 2.05) is 0 Å². The average molecular weight is 306 g/mol. The van der Waals surface area contributed by atoms with Crippen molar-refractivity contribution >= 4 is 29.2 Å². The highest BCUT2D eigenvalue weighted by Crippen LogP contribution is 2.24. The minimum atomic E-state index is -1.06. The third-order valence-electron chi connectivity index (χ3n) is 2.78. The largest absolute Gasteiger partial charge is 0.496 e. The zero-order valence-corrected chi connectivity index (χ0v) is 11.8. The van der Waals surface area contributed by atoms with Crippen molar-refractivity contribution in [1.82, 2.24) is 0 Å². The Bertz CT molecular complexity index is 700. The number of benzene rings is 2. The molecular weight excluding hydrogens is 294 g/mol. The number of hydrogen-bond donors (Lipinski definition) is 2. The number of hydrogen-bond acceptors (Lipinski definition) is 3. The molecule has 2 aromatic carbocycles. The highest BCUT2D eigenvalue weighted by atomic mass is 35.5. The van der Waals surface area contributed by atoms with Crippen LogP contribution in [0.4, 0.5) is 5.69 Å². The van der Waals surface area contributed by atoms with Crippen LogP contribution in [-0.2, 0) is 0 Å². The Morgan fingerprint density at radius 1 is 1.19 bits per heavy atom. The summed E-state index contributed by atoms with van der Waals surface area (Å²) in [5.41, 5.74) is 0.787. The maximum atomic E-state index is 12.2. The molecule has 0 aromatic heterocycles. The lowest BCUT2D eigenvalue weighted by atomic mass is 10.1. The lowest BCUT2D eigenvalue weighted by Crippen LogP contribution is -2.13. The molecule has 0 heterocycles. The third-order valence-corrected chi connectivity index (χ3v) is 3.01. The van der Waals surface area contributed by atoms with E-state index in [1.54, 1.807) is 18.2 Å². The first kappa shape index (κ1) is 14.9. The van der Waals surface area contributed by atoms with Gasteiger partial charge in [0.2, 0.25) is 0 Å². The molecule has 108 valence electrons. The summed E-state index contributed by atoms with van der Waals surface area (Å²) in [5, 5.41) is 12.0. The summed E-state index contributed by atoms with van der Waals surface area (Å²) in [6.07, 6.45) is 0. The lowest BCUT2D eigenvalue weighted by Gasteiger charge is -2.10. The van der Waals surface area contributed by atoms with Crippen molar-refractivity contribution in [2.24, 2.45) is 0 Å². The molecule has 0 saturated heterocycles. The second kappa shape index (κ2) is 6.28. The van der Waals surface area contributed by atoms with Crippen LogP contribution in [0.1, 0.15) is 20.7 Å². The summed E-state index contributed by atoms with van der Waals surface area (Å²) in [4.78, 5) is 23.1. The Kier molecular flexibility index (Phi) is 4.45. The summed E-state index contributed by atoms with van der Waals surface area (Å²) in [6, 6.07) is 10.6. The first-order chi connectivity index (χ1) is 10.0. The number of carboxylic acid groups (broad SMARTS) is 1. The van der Waals surface area contributed by atoms with Crippen molar-refractivity contribution in [3.8, 4) is 5.75 Å². The van der Waals surface area contributed by atoms with Crippen LogP contribution in [0.2, 0.25) is 5.02 Å². The Balaban J connectivity index is 2.26. The molecule has 0 saturated carbocycles. The number of rotatable bonds is 4. The molecule has 0 spiro atoms. The molecule has 0 aliphatic rings. The summed E-state index contributed by atoms with van der Waals surface area (Å²) in [7, 11) is 1.44. The fourth-order valence-corrected chi connectivity index (χ4v) is 1.94. The number of nitrogens with one attached hydrogen (secondary N) is 1. The zero-order valence-electron chi connectivity index (χ0n) is 11.1. The summed E-state index contributed by atoms with van der Waals surface area (Å²) in [6.45, 7) is 0. The Hall–Kier alpha value is -2.53. The van der Waals surface area contributed by atoms with Gasteiger partial charge >= 0.3 is 5.97 Å². The number of carbonyl (C=O) groups excluding carboxylic acids is 1. The molecule has 0 aliphatic carbocycles. The topological polar surface area (TPSA) is 75.6 Å². The molecule has 0 bridgehead atoms. The van der Waals surface area contributed by atoms with Gasteiger partial charge < -0.3 is 15.2 Å². The van der Waals surface area contributed by atoms with Crippen LogP contribution in [0.3, 0.4) is 0 Å². The molecule has 0 aliphatic heterocycles. The number of halogens is 1. The van der Waals surface area contributed by atoms with Crippen LogP contribution in [0.5, 0.6) is 5.75 Å². The van der Waals surface area contributed by atoms with Crippen LogP contribution in [0, 0.1) is 0 Å². The maximum absolute atomic E-state index is 12.2. The first-order valence-electron chi connectivity index (χ1n) is 5.99. The molecule has 2 aromatic rings. The summed E-state index contributed by atoms with van der Waals surface area (Å²) in [5.74, 6) is -1.13. The highest BCUT2D eigenvalue weighted by molar-refractivity contribution is 6.31. The van der Waals surface area contributed by atoms with Crippen LogP contribution in [0.25, 0.3) is 0 Å². The van der Waals surface area contributed by atoms with E-state index in [1.165, 1.54) is 31.4 Å². The minimum absolute atomic E-state index is 0.0934. The predicted molar refractivity (Wildman–Crippen MR) is 79.4 cm³/mol. The van der Waals surface area contributed by atoms with Crippen LogP contribution < -0.4 is 10.1 Å². The van der Waals surface area contributed by atoms with Gasteiger partial charge in [0.15, 0.2) is 0 Å². The van der Waals surface area contributed by atoms with Gasteiger partial charge in [0, 0.05) is 10.7 Å². The van der Waals surface area contributed by atoms with E-state index in [0.29, 0.717) is 22.0 Å². The molecule has 1 amide bonds. The molecule has 5 nitrogen and oxygen atoms in total. The maximum Gasteiger partial charge on any atom is 0.335 e. The second-order valence-corrected chi connectivity index (χ2v) is 4.62. The Morgan fingerprint density at radius 2 is 1.95 bits per heavy atom. The normalized spacial score (nSPS) is 10.0. The molecular formula is C15H12ClNO4. The highest BCUT2D eigenvalue weighted by Gasteiger charge is 2.13. The van der Waals surface area contributed by atoms with Gasteiger partial charge in [-0.2, -0.15) is 0 Å². The molecule has 0 atom stereocenters. The number of carboxylic acids is 1. The van der Waals surface area contributed by atoms with E-state index in [2.05, 4.69) is 5.32 Å². The van der Waals surface area contributed by atoms with Gasteiger partial charge in [-0.25, -0.2) is 4.79 Å². The summed E-state index contributed by atoms with van der Waals surface area (Å²) < 4.78 is 5.11. The third kappa shape index (κ3) is 3.52. The monoisotopic (exact) mass is 305 g/mol.